The molecular formula is C32H38FN5O4S. The summed E-state index contributed by atoms with van der Waals surface area (Å²) in [5, 5.41) is 6.14. The van der Waals surface area contributed by atoms with E-state index in [0.29, 0.717) is 17.0 Å². The number of rotatable bonds is 9. The quantitative estimate of drug-likeness (QED) is 0.283. The number of carbonyl (C=O) groups excluding carboxylic acids is 3. The van der Waals surface area contributed by atoms with Crippen LogP contribution < -0.4 is 26.0 Å². The maximum Gasteiger partial charge on any atom is 0.273 e. The number of halogens is 1. The summed E-state index contributed by atoms with van der Waals surface area (Å²) in [6.07, 6.45) is 9.81. The van der Waals surface area contributed by atoms with Gasteiger partial charge >= 0.3 is 0 Å². The molecule has 43 heavy (non-hydrogen) atoms. The molecular weight excluding hydrogens is 569 g/mol. The Morgan fingerprint density at radius 1 is 0.930 bits per heavy atom. The Hall–Kier alpha value is -3.99. The van der Waals surface area contributed by atoms with E-state index >= 15 is 0 Å². The SMILES string of the molecule is COc1ccccc1N(C(=O)c1snc(C(=O)NC2CCCCC2)c1N)C(C(=O)NC1CCCCC1)c1ccc(F)cc1. The van der Waals surface area contributed by atoms with E-state index in [1.807, 2.05) is 0 Å². The van der Waals surface area contributed by atoms with Gasteiger partial charge in [-0.1, -0.05) is 62.8 Å². The molecule has 0 bridgehead atoms. The lowest BCUT2D eigenvalue weighted by molar-refractivity contribution is -0.123. The highest BCUT2D eigenvalue weighted by molar-refractivity contribution is 7.09. The molecule has 228 valence electrons. The Morgan fingerprint density at radius 2 is 1.53 bits per heavy atom. The second-order valence-electron chi connectivity index (χ2n) is 11.2. The van der Waals surface area contributed by atoms with Gasteiger partial charge < -0.3 is 21.1 Å². The summed E-state index contributed by atoms with van der Waals surface area (Å²) in [5.41, 5.74) is 7.11. The molecule has 5 rings (SSSR count). The minimum atomic E-state index is -1.19. The van der Waals surface area contributed by atoms with E-state index in [1.165, 1.54) is 36.3 Å². The molecule has 2 aromatic carbocycles. The van der Waals surface area contributed by atoms with Gasteiger partial charge in [-0.05, 0) is 67.0 Å². The number of aromatic nitrogens is 1. The van der Waals surface area contributed by atoms with Crippen molar-refractivity contribution in [3.8, 4) is 5.75 Å². The van der Waals surface area contributed by atoms with Crippen molar-refractivity contribution < 1.29 is 23.5 Å². The average molecular weight is 608 g/mol. The Bertz CT molecular complexity index is 1430. The summed E-state index contributed by atoms with van der Waals surface area (Å²) >= 11 is 0.814. The minimum Gasteiger partial charge on any atom is -0.495 e. The lowest BCUT2D eigenvalue weighted by Crippen LogP contribution is -2.47. The first-order valence-electron chi connectivity index (χ1n) is 15.0. The highest BCUT2D eigenvalue weighted by Crippen LogP contribution is 2.38. The van der Waals surface area contributed by atoms with Gasteiger partial charge in [0.05, 0.1) is 18.5 Å². The third-order valence-corrected chi connectivity index (χ3v) is 9.14. The second kappa shape index (κ2) is 14.0. The van der Waals surface area contributed by atoms with Crippen LogP contribution in [0, 0.1) is 5.82 Å². The van der Waals surface area contributed by atoms with Crippen LogP contribution in [-0.4, -0.2) is 41.3 Å². The first-order chi connectivity index (χ1) is 20.9. The first kappa shape index (κ1) is 30.5. The van der Waals surface area contributed by atoms with Crippen LogP contribution in [0.4, 0.5) is 15.8 Å². The summed E-state index contributed by atoms with van der Waals surface area (Å²) in [7, 11) is 1.48. The number of para-hydroxylation sites is 2. The monoisotopic (exact) mass is 607 g/mol. The molecule has 0 spiro atoms. The first-order valence-corrected chi connectivity index (χ1v) is 15.7. The number of anilines is 2. The number of nitrogens with zero attached hydrogens (tertiary/aromatic N) is 2. The molecule has 9 nitrogen and oxygen atoms in total. The predicted octanol–water partition coefficient (Wildman–Crippen LogP) is 5.77. The molecule has 1 heterocycles. The zero-order valence-corrected chi connectivity index (χ0v) is 25.1. The van der Waals surface area contributed by atoms with Crippen LogP contribution in [0.3, 0.4) is 0 Å². The van der Waals surface area contributed by atoms with Gasteiger partial charge in [0.1, 0.15) is 22.5 Å². The number of ether oxygens (including phenoxy) is 1. The van der Waals surface area contributed by atoms with Gasteiger partial charge in [0.15, 0.2) is 5.69 Å². The maximum absolute atomic E-state index is 14.5. The van der Waals surface area contributed by atoms with Crippen LogP contribution in [0.5, 0.6) is 5.75 Å². The van der Waals surface area contributed by atoms with Gasteiger partial charge in [0, 0.05) is 12.1 Å². The molecule has 2 aliphatic rings. The number of nitrogen functional groups attached to an aromatic ring is 1. The molecule has 2 fully saturated rings. The van der Waals surface area contributed by atoms with Gasteiger partial charge in [-0.25, -0.2) is 4.39 Å². The summed E-state index contributed by atoms with van der Waals surface area (Å²) < 4.78 is 23.9. The molecule has 0 saturated heterocycles. The molecule has 1 aromatic heterocycles. The molecule has 0 radical (unpaired) electrons. The molecule has 3 aromatic rings. The highest BCUT2D eigenvalue weighted by Gasteiger charge is 2.38. The van der Waals surface area contributed by atoms with Crippen LogP contribution in [-0.2, 0) is 4.79 Å². The number of carbonyl (C=O) groups is 3. The van der Waals surface area contributed by atoms with E-state index in [1.54, 1.807) is 24.3 Å². The van der Waals surface area contributed by atoms with Gasteiger partial charge in [-0.3, -0.25) is 19.3 Å². The van der Waals surface area contributed by atoms with Crippen molar-refractivity contribution in [1.29, 1.82) is 0 Å². The molecule has 3 amide bonds. The number of hydrogen-bond donors (Lipinski definition) is 3. The minimum absolute atomic E-state index is 0.0103. The zero-order valence-electron chi connectivity index (χ0n) is 24.3. The van der Waals surface area contributed by atoms with E-state index in [4.69, 9.17) is 10.5 Å². The van der Waals surface area contributed by atoms with E-state index in [2.05, 4.69) is 15.0 Å². The standard InChI is InChI=1S/C32H38FN5O4S/c1-42-25-15-9-8-14-24(25)38(28(20-16-18-21(33)19-17-20)31(40)36-23-12-6-3-7-13-23)32(41)29-26(34)27(37-43-29)30(39)35-22-10-4-2-5-11-22/h8-9,14-19,22-23,28H,2-7,10-13,34H2,1H3,(H,35,39)(H,36,40). The summed E-state index contributed by atoms with van der Waals surface area (Å²) in [4.78, 5) is 43.1. The van der Waals surface area contributed by atoms with Crippen molar-refractivity contribution in [2.45, 2.75) is 82.3 Å². The van der Waals surface area contributed by atoms with Crippen molar-refractivity contribution in [3.63, 3.8) is 0 Å². The van der Waals surface area contributed by atoms with Crippen LogP contribution in [0.25, 0.3) is 0 Å². The van der Waals surface area contributed by atoms with E-state index in [-0.39, 0.29) is 28.3 Å². The average Bonchev–Trinajstić information content (AvgIpc) is 3.42. The highest BCUT2D eigenvalue weighted by atomic mass is 32.1. The summed E-state index contributed by atoms with van der Waals surface area (Å²) in [6.45, 7) is 0. The number of nitrogens with one attached hydrogen (secondary N) is 2. The van der Waals surface area contributed by atoms with Crippen LogP contribution >= 0.6 is 11.5 Å². The van der Waals surface area contributed by atoms with Gasteiger partial charge in [-0.2, -0.15) is 4.37 Å². The van der Waals surface area contributed by atoms with Crippen molar-refractivity contribution in [2.75, 3.05) is 17.7 Å². The van der Waals surface area contributed by atoms with Crippen molar-refractivity contribution in [1.82, 2.24) is 15.0 Å². The van der Waals surface area contributed by atoms with Crippen molar-refractivity contribution in [3.05, 3.63) is 70.5 Å². The van der Waals surface area contributed by atoms with E-state index < -0.39 is 29.6 Å². The fraction of sp³-hybridized carbons (Fsp3) is 0.438. The molecule has 11 heteroatoms. The predicted molar refractivity (Wildman–Crippen MR) is 165 cm³/mol. The maximum atomic E-state index is 14.5. The van der Waals surface area contributed by atoms with Gasteiger partial charge in [0.25, 0.3) is 11.8 Å². The number of methoxy groups -OCH3 is 1. The van der Waals surface area contributed by atoms with Crippen LogP contribution in [0.1, 0.15) is 96.0 Å². The summed E-state index contributed by atoms with van der Waals surface area (Å²) in [6, 6.07) is 11.2. The third-order valence-electron chi connectivity index (χ3n) is 8.29. The molecule has 1 unspecified atom stereocenters. The fourth-order valence-corrected chi connectivity index (χ4v) is 6.74. The number of benzene rings is 2. The second-order valence-corrected chi connectivity index (χ2v) is 12.0. The Balaban J connectivity index is 1.55. The zero-order chi connectivity index (χ0) is 30.3. The Morgan fingerprint density at radius 3 is 2.16 bits per heavy atom. The Labute approximate surface area is 255 Å². The smallest absolute Gasteiger partial charge is 0.273 e. The lowest BCUT2D eigenvalue weighted by atomic mass is 9.94. The van der Waals surface area contributed by atoms with Crippen molar-refractivity contribution >= 4 is 40.6 Å². The fourth-order valence-electron chi connectivity index (χ4n) is 6.01. The topological polar surface area (TPSA) is 127 Å². The Kier molecular flexibility index (Phi) is 9.91. The molecule has 1 atom stereocenters. The normalized spacial score (nSPS) is 16.7. The summed E-state index contributed by atoms with van der Waals surface area (Å²) in [5.74, 6) is -1.56. The van der Waals surface area contributed by atoms with E-state index in [0.717, 1.165) is 75.7 Å². The van der Waals surface area contributed by atoms with Gasteiger partial charge in [-0.15, -0.1) is 0 Å². The van der Waals surface area contributed by atoms with Crippen molar-refractivity contribution in [2.24, 2.45) is 0 Å². The lowest BCUT2D eigenvalue weighted by Gasteiger charge is -2.34. The van der Waals surface area contributed by atoms with Crippen LogP contribution in [0.2, 0.25) is 0 Å². The van der Waals surface area contributed by atoms with Crippen LogP contribution in [0.15, 0.2) is 48.5 Å². The molecule has 2 saturated carbocycles. The third kappa shape index (κ3) is 6.98. The molecule has 4 N–H and O–H groups in total. The number of nitrogens with two attached hydrogens (primary N) is 1. The molecule has 0 aliphatic heterocycles. The number of amides is 3. The van der Waals surface area contributed by atoms with E-state index in [9.17, 15) is 18.8 Å². The van der Waals surface area contributed by atoms with Gasteiger partial charge in [0.2, 0.25) is 5.91 Å². The number of hydrogen-bond acceptors (Lipinski definition) is 7. The largest absolute Gasteiger partial charge is 0.495 e. The molecule has 2 aliphatic carbocycles.